The molecule has 4 aliphatic carbocycles. The Kier molecular flexibility index (Phi) is 5.12. The minimum absolute atomic E-state index is 0.0321. The summed E-state index contributed by atoms with van der Waals surface area (Å²) in [4.78, 5) is 23.3. The van der Waals surface area contributed by atoms with Gasteiger partial charge in [-0.25, -0.2) is 0 Å². The van der Waals surface area contributed by atoms with Crippen molar-refractivity contribution >= 4 is 11.9 Å². The standard InChI is InChI=1S/C24H36O4/c1-5-22(26)28-21-9-8-19-18-7-6-16-14-17(27-15(2)25)10-12-23(16,3)20(18)11-13-24(19,21)4/h14,17-21H,5-13H2,1-4H3/t17-,18-,19-,20-,21-,23-,24-/m0/s1. The molecule has 156 valence electrons. The molecule has 3 saturated carbocycles. The first-order chi connectivity index (χ1) is 13.3. The van der Waals surface area contributed by atoms with Crippen molar-refractivity contribution in [3.63, 3.8) is 0 Å². The molecular formula is C24H36O4. The van der Waals surface area contributed by atoms with Crippen LogP contribution >= 0.6 is 0 Å². The number of ether oxygens (including phenoxy) is 2. The maximum Gasteiger partial charge on any atom is 0.305 e. The fraction of sp³-hybridized carbons (Fsp3) is 0.833. The van der Waals surface area contributed by atoms with Gasteiger partial charge in [-0.1, -0.05) is 26.3 Å². The number of carbonyl (C=O) groups excluding carboxylic acids is 2. The molecule has 3 fully saturated rings. The molecule has 7 atom stereocenters. The maximum atomic E-state index is 11.9. The summed E-state index contributed by atoms with van der Waals surface area (Å²) in [7, 11) is 0. The van der Waals surface area contributed by atoms with Crippen molar-refractivity contribution < 1.29 is 19.1 Å². The Bertz CT molecular complexity index is 682. The van der Waals surface area contributed by atoms with Crippen molar-refractivity contribution in [2.24, 2.45) is 28.6 Å². The van der Waals surface area contributed by atoms with E-state index in [1.165, 1.54) is 31.8 Å². The number of hydrogen-bond acceptors (Lipinski definition) is 4. The fourth-order valence-electron chi connectivity index (χ4n) is 7.39. The Labute approximate surface area is 169 Å². The van der Waals surface area contributed by atoms with Gasteiger partial charge < -0.3 is 9.47 Å². The summed E-state index contributed by atoms with van der Waals surface area (Å²) in [6.07, 6.45) is 11.9. The van der Waals surface area contributed by atoms with Gasteiger partial charge in [0.2, 0.25) is 0 Å². The Hall–Kier alpha value is -1.32. The highest BCUT2D eigenvalue weighted by atomic mass is 16.5. The van der Waals surface area contributed by atoms with Crippen LogP contribution in [-0.4, -0.2) is 24.1 Å². The van der Waals surface area contributed by atoms with Crippen molar-refractivity contribution in [1.82, 2.24) is 0 Å². The summed E-state index contributed by atoms with van der Waals surface area (Å²) < 4.78 is 11.4. The molecule has 0 bridgehead atoms. The van der Waals surface area contributed by atoms with Gasteiger partial charge in [0, 0.05) is 18.8 Å². The number of esters is 2. The van der Waals surface area contributed by atoms with Crippen LogP contribution < -0.4 is 0 Å². The van der Waals surface area contributed by atoms with E-state index in [1.54, 1.807) is 0 Å². The second-order valence-electron chi connectivity index (χ2n) is 10.2. The molecule has 0 N–H and O–H groups in total. The summed E-state index contributed by atoms with van der Waals surface area (Å²) in [5.74, 6) is 1.90. The molecule has 0 radical (unpaired) electrons. The lowest BCUT2D eigenvalue weighted by molar-refractivity contribution is -0.159. The Morgan fingerprint density at radius 3 is 2.54 bits per heavy atom. The van der Waals surface area contributed by atoms with Gasteiger partial charge in [-0.3, -0.25) is 9.59 Å². The van der Waals surface area contributed by atoms with Gasteiger partial charge in [0.1, 0.15) is 12.2 Å². The van der Waals surface area contributed by atoms with Crippen LogP contribution in [0.5, 0.6) is 0 Å². The monoisotopic (exact) mass is 388 g/mol. The zero-order valence-electron chi connectivity index (χ0n) is 18.0. The number of allylic oxidation sites excluding steroid dienone is 1. The lowest BCUT2D eigenvalue weighted by Gasteiger charge is -2.58. The van der Waals surface area contributed by atoms with Crippen LogP contribution in [0.15, 0.2) is 11.6 Å². The highest BCUT2D eigenvalue weighted by Gasteiger charge is 2.60. The number of rotatable bonds is 3. The van der Waals surface area contributed by atoms with Crippen molar-refractivity contribution in [2.45, 2.75) is 97.7 Å². The van der Waals surface area contributed by atoms with E-state index in [-0.39, 0.29) is 35.0 Å². The van der Waals surface area contributed by atoms with Crippen LogP contribution in [-0.2, 0) is 19.1 Å². The number of carbonyl (C=O) groups is 2. The summed E-state index contributed by atoms with van der Waals surface area (Å²) in [6, 6.07) is 0. The molecule has 0 aromatic carbocycles. The van der Waals surface area contributed by atoms with Gasteiger partial charge >= 0.3 is 11.9 Å². The number of fused-ring (bicyclic) bond motifs is 5. The Morgan fingerprint density at radius 1 is 1.04 bits per heavy atom. The first-order valence-electron chi connectivity index (χ1n) is 11.4. The maximum absolute atomic E-state index is 11.9. The summed E-state index contributed by atoms with van der Waals surface area (Å²) in [6.45, 7) is 8.24. The van der Waals surface area contributed by atoms with Gasteiger partial charge in [-0.15, -0.1) is 0 Å². The van der Waals surface area contributed by atoms with E-state index in [4.69, 9.17) is 9.47 Å². The van der Waals surface area contributed by atoms with Crippen LogP contribution in [0.25, 0.3) is 0 Å². The van der Waals surface area contributed by atoms with Gasteiger partial charge in [-0.2, -0.15) is 0 Å². The van der Waals surface area contributed by atoms with Crippen molar-refractivity contribution in [1.29, 1.82) is 0 Å². The molecule has 4 aliphatic rings. The van der Waals surface area contributed by atoms with Crippen molar-refractivity contribution in [3.8, 4) is 0 Å². The lowest BCUT2D eigenvalue weighted by atomic mass is 9.47. The summed E-state index contributed by atoms with van der Waals surface area (Å²) in [5, 5.41) is 0. The van der Waals surface area contributed by atoms with E-state index < -0.39 is 0 Å². The molecule has 0 unspecified atom stereocenters. The molecule has 4 heteroatoms. The second-order valence-corrected chi connectivity index (χ2v) is 10.2. The molecule has 4 nitrogen and oxygen atoms in total. The molecular weight excluding hydrogens is 352 g/mol. The van der Waals surface area contributed by atoms with Gasteiger partial charge in [0.05, 0.1) is 0 Å². The minimum Gasteiger partial charge on any atom is -0.462 e. The largest absolute Gasteiger partial charge is 0.462 e. The molecule has 0 heterocycles. The van der Waals surface area contributed by atoms with Gasteiger partial charge in [-0.05, 0) is 80.6 Å². The SMILES string of the molecule is CCC(=O)O[C@H]1CC[C@H]2[C@@H]3CCC4=C[C@@H](OC(C)=O)CC[C@]4(C)[C@H]3CC[C@]12C. The summed E-state index contributed by atoms with van der Waals surface area (Å²) >= 11 is 0. The van der Waals surface area contributed by atoms with E-state index in [0.29, 0.717) is 18.3 Å². The normalized spacial score (nSPS) is 44.6. The van der Waals surface area contributed by atoms with Crippen LogP contribution in [0.4, 0.5) is 0 Å². The van der Waals surface area contributed by atoms with E-state index in [0.717, 1.165) is 38.0 Å². The highest BCUT2D eigenvalue weighted by Crippen LogP contribution is 2.65. The average molecular weight is 389 g/mol. The first kappa shape index (κ1) is 20.0. The molecule has 0 aromatic rings. The third-order valence-corrected chi connectivity index (χ3v) is 8.86. The van der Waals surface area contributed by atoms with Crippen molar-refractivity contribution in [2.75, 3.05) is 0 Å². The topological polar surface area (TPSA) is 52.6 Å². The fourth-order valence-corrected chi connectivity index (χ4v) is 7.39. The zero-order chi connectivity index (χ0) is 20.1. The first-order valence-corrected chi connectivity index (χ1v) is 11.4. The quantitative estimate of drug-likeness (QED) is 0.492. The van der Waals surface area contributed by atoms with E-state index in [9.17, 15) is 9.59 Å². The predicted molar refractivity (Wildman–Crippen MR) is 107 cm³/mol. The smallest absolute Gasteiger partial charge is 0.305 e. The third kappa shape index (κ3) is 3.11. The van der Waals surface area contributed by atoms with Crippen LogP contribution in [0, 0.1) is 28.6 Å². The lowest BCUT2D eigenvalue weighted by Crippen LogP contribution is -2.52. The molecule has 0 amide bonds. The molecule has 0 saturated heterocycles. The van der Waals surface area contributed by atoms with E-state index >= 15 is 0 Å². The average Bonchev–Trinajstić information content (AvgIpc) is 2.98. The number of hydrogen-bond donors (Lipinski definition) is 0. The van der Waals surface area contributed by atoms with Crippen molar-refractivity contribution in [3.05, 3.63) is 11.6 Å². The van der Waals surface area contributed by atoms with E-state index in [2.05, 4.69) is 19.9 Å². The Morgan fingerprint density at radius 2 is 1.82 bits per heavy atom. The van der Waals surface area contributed by atoms with Crippen LogP contribution in [0.1, 0.15) is 85.5 Å². The third-order valence-electron chi connectivity index (χ3n) is 8.86. The van der Waals surface area contributed by atoms with Crippen LogP contribution in [0.2, 0.25) is 0 Å². The molecule has 28 heavy (non-hydrogen) atoms. The molecule has 4 rings (SSSR count). The second kappa shape index (κ2) is 7.18. The highest BCUT2D eigenvalue weighted by molar-refractivity contribution is 5.69. The zero-order valence-corrected chi connectivity index (χ0v) is 18.0. The van der Waals surface area contributed by atoms with Crippen LogP contribution in [0.3, 0.4) is 0 Å². The Balaban J connectivity index is 1.54. The molecule has 0 aromatic heterocycles. The molecule has 0 spiro atoms. The van der Waals surface area contributed by atoms with Gasteiger partial charge in [0.15, 0.2) is 0 Å². The minimum atomic E-state index is -0.175. The summed E-state index contributed by atoms with van der Waals surface area (Å²) in [5.41, 5.74) is 1.93. The van der Waals surface area contributed by atoms with Gasteiger partial charge in [0.25, 0.3) is 0 Å². The molecule has 0 aliphatic heterocycles. The van der Waals surface area contributed by atoms with E-state index in [1.807, 2.05) is 6.92 Å². The predicted octanol–water partition coefficient (Wildman–Crippen LogP) is 5.20.